The number of nitrogens with one attached hydrogen (secondary N) is 1. The summed E-state index contributed by atoms with van der Waals surface area (Å²) >= 11 is 0. The minimum Gasteiger partial charge on any atom is -0.372 e. The number of allylic oxidation sites excluding steroid dienone is 4. The summed E-state index contributed by atoms with van der Waals surface area (Å²) in [7, 11) is 0. The minimum absolute atomic E-state index is 1.05. The van der Waals surface area contributed by atoms with E-state index in [1.165, 1.54) is 30.8 Å². The van der Waals surface area contributed by atoms with Crippen LogP contribution in [0, 0.1) is 0 Å². The van der Waals surface area contributed by atoms with Crippen molar-refractivity contribution in [2.24, 2.45) is 0 Å². The van der Waals surface area contributed by atoms with E-state index in [9.17, 15) is 0 Å². The van der Waals surface area contributed by atoms with Gasteiger partial charge < -0.3 is 10.2 Å². The molecule has 2 aliphatic heterocycles. The smallest absolute Gasteiger partial charge is 0.0362 e. The SMILES string of the molecule is C1=CC2=C3CNCCN3CCC2=CC1. The summed E-state index contributed by atoms with van der Waals surface area (Å²) in [6, 6.07) is 0. The molecule has 0 atom stereocenters. The van der Waals surface area contributed by atoms with Crippen LogP contribution < -0.4 is 5.32 Å². The fraction of sp³-hybridized carbons (Fsp3) is 0.500. The van der Waals surface area contributed by atoms with Gasteiger partial charge in [0.2, 0.25) is 0 Å². The molecule has 0 saturated carbocycles. The lowest BCUT2D eigenvalue weighted by Gasteiger charge is -2.38. The summed E-state index contributed by atoms with van der Waals surface area (Å²) in [5, 5.41) is 3.46. The van der Waals surface area contributed by atoms with E-state index in [0.29, 0.717) is 0 Å². The molecule has 2 heteroatoms. The van der Waals surface area contributed by atoms with Crippen molar-refractivity contribution in [3.63, 3.8) is 0 Å². The van der Waals surface area contributed by atoms with Gasteiger partial charge in [-0.2, -0.15) is 0 Å². The van der Waals surface area contributed by atoms with Gasteiger partial charge in [0.15, 0.2) is 0 Å². The van der Waals surface area contributed by atoms with Gasteiger partial charge in [0.05, 0.1) is 0 Å². The lowest BCUT2D eigenvalue weighted by atomic mass is 9.90. The van der Waals surface area contributed by atoms with Gasteiger partial charge in [0.25, 0.3) is 0 Å². The molecular weight excluding hydrogens is 172 g/mol. The van der Waals surface area contributed by atoms with Crippen LogP contribution in [0.2, 0.25) is 0 Å². The molecule has 0 radical (unpaired) electrons. The Morgan fingerprint density at radius 3 is 3.29 bits per heavy atom. The highest BCUT2D eigenvalue weighted by Crippen LogP contribution is 2.31. The molecule has 0 unspecified atom stereocenters. The zero-order valence-corrected chi connectivity index (χ0v) is 8.42. The second-order valence-corrected chi connectivity index (χ2v) is 4.14. The maximum atomic E-state index is 3.46. The second kappa shape index (κ2) is 3.28. The van der Waals surface area contributed by atoms with Crippen LogP contribution in [0.15, 0.2) is 35.1 Å². The summed E-state index contributed by atoms with van der Waals surface area (Å²) in [5.74, 6) is 0. The van der Waals surface area contributed by atoms with Crippen molar-refractivity contribution >= 4 is 0 Å². The number of nitrogens with zero attached hydrogens (tertiary/aromatic N) is 1. The Balaban J connectivity index is 2.03. The van der Waals surface area contributed by atoms with Crippen molar-refractivity contribution in [3.8, 4) is 0 Å². The molecular formula is C12H16N2. The van der Waals surface area contributed by atoms with E-state index < -0.39 is 0 Å². The molecule has 3 aliphatic rings. The van der Waals surface area contributed by atoms with Crippen LogP contribution in [-0.2, 0) is 0 Å². The molecule has 1 fully saturated rings. The first-order valence-corrected chi connectivity index (χ1v) is 5.50. The number of fused-ring (bicyclic) bond motifs is 2. The maximum absolute atomic E-state index is 3.46. The normalized spacial score (nSPS) is 25.7. The lowest BCUT2D eigenvalue weighted by Crippen LogP contribution is -2.44. The van der Waals surface area contributed by atoms with Crippen LogP contribution in [0.3, 0.4) is 0 Å². The summed E-state index contributed by atoms with van der Waals surface area (Å²) in [6.07, 6.45) is 9.32. The van der Waals surface area contributed by atoms with Crippen molar-refractivity contribution in [1.29, 1.82) is 0 Å². The van der Waals surface area contributed by atoms with Crippen molar-refractivity contribution in [2.45, 2.75) is 12.8 Å². The molecule has 1 saturated heterocycles. The first kappa shape index (κ1) is 8.30. The fourth-order valence-corrected chi connectivity index (χ4v) is 2.57. The van der Waals surface area contributed by atoms with Crippen LogP contribution in [0.4, 0.5) is 0 Å². The van der Waals surface area contributed by atoms with E-state index >= 15 is 0 Å². The second-order valence-electron chi connectivity index (χ2n) is 4.14. The third-order valence-electron chi connectivity index (χ3n) is 3.33. The summed E-state index contributed by atoms with van der Waals surface area (Å²) in [5.41, 5.74) is 4.59. The Labute approximate surface area is 85.0 Å². The van der Waals surface area contributed by atoms with Crippen LogP contribution >= 0.6 is 0 Å². The van der Waals surface area contributed by atoms with Crippen molar-refractivity contribution in [1.82, 2.24) is 10.2 Å². The van der Waals surface area contributed by atoms with Gasteiger partial charge in [-0.15, -0.1) is 0 Å². The summed E-state index contributed by atoms with van der Waals surface area (Å²) in [4.78, 5) is 2.54. The van der Waals surface area contributed by atoms with E-state index in [0.717, 1.165) is 19.5 Å². The molecule has 1 N–H and O–H groups in total. The molecule has 0 aromatic rings. The van der Waals surface area contributed by atoms with Gasteiger partial charge in [-0.25, -0.2) is 0 Å². The van der Waals surface area contributed by atoms with Crippen molar-refractivity contribution in [2.75, 3.05) is 26.2 Å². The first-order valence-electron chi connectivity index (χ1n) is 5.50. The van der Waals surface area contributed by atoms with Crippen LogP contribution in [0.25, 0.3) is 0 Å². The molecule has 0 bridgehead atoms. The molecule has 14 heavy (non-hydrogen) atoms. The van der Waals surface area contributed by atoms with E-state index in [1.54, 1.807) is 5.57 Å². The van der Waals surface area contributed by atoms with Crippen molar-refractivity contribution < 1.29 is 0 Å². The Kier molecular flexibility index (Phi) is 1.95. The van der Waals surface area contributed by atoms with Crippen LogP contribution in [-0.4, -0.2) is 31.1 Å². The zero-order chi connectivity index (χ0) is 9.38. The lowest BCUT2D eigenvalue weighted by molar-refractivity contribution is 0.292. The molecule has 74 valence electrons. The van der Waals surface area contributed by atoms with E-state index in [2.05, 4.69) is 28.4 Å². The highest BCUT2D eigenvalue weighted by atomic mass is 15.2. The molecule has 2 heterocycles. The highest BCUT2D eigenvalue weighted by Gasteiger charge is 2.24. The predicted molar refractivity (Wildman–Crippen MR) is 57.9 cm³/mol. The van der Waals surface area contributed by atoms with E-state index in [1.807, 2.05) is 0 Å². The monoisotopic (exact) mass is 188 g/mol. The molecule has 0 aromatic carbocycles. The third-order valence-corrected chi connectivity index (χ3v) is 3.33. The van der Waals surface area contributed by atoms with Gasteiger partial charge in [-0.1, -0.05) is 18.2 Å². The Morgan fingerprint density at radius 2 is 2.29 bits per heavy atom. The standard InChI is InChI=1S/C12H16N2/c1-2-4-11-10(3-1)5-7-14-8-6-13-9-12(11)14/h2-4,13H,1,5-9H2. The van der Waals surface area contributed by atoms with Gasteiger partial charge in [-0.05, 0) is 24.0 Å². The predicted octanol–water partition coefficient (Wildman–Crippen LogP) is 1.44. The maximum Gasteiger partial charge on any atom is 0.0362 e. The van der Waals surface area contributed by atoms with E-state index in [-0.39, 0.29) is 0 Å². The van der Waals surface area contributed by atoms with Crippen molar-refractivity contribution in [3.05, 3.63) is 35.1 Å². The number of rotatable bonds is 0. The van der Waals surface area contributed by atoms with Crippen LogP contribution in [0.1, 0.15) is 12.8 Å². The average molecular weight is 188 g/mol. The Hall–Kier alpha value is -1.02. The molecule has 0 amide bonds. The van der Waals surface area contributed by atoms with Gasteiger partial charge >= 0.3 is 0 Å². The average Bonchev–Trinajstić information content (AvgIpc) is 2.29. The largest absolute Gasteiger partial charge is 0.372 e. The summed E-state index contributed by atoms with van der Waals surface area (Å²) in [6.45, 7) is 4.59. The number of hydrogen-bond acceptors (Lipinski definition) is 2. The topological polar surface area (TPSA) is 15.3 Å². The zero-order valence-electron chi connectivity index (χ0n) is 8.42. The van der Waals surface area contributed by atoms with Gasteiger partial charge in [0.1, 0.15) is 0 Å². The molecule has 0 spiro atoms. The minimum atomic E-state index is 1.05. The molecule has 1 aliphatic carbocycles. The van der Waals surface area contributed by atoms with Gasteiger partial charge in [-0.3, -0.25) is 0 Å². The highest BCUT2D eigenvalue weighted by molar-refractivity contribution is 5.48. The molecule has 2 nitrogen and oxygen atoms in total. The quantitative estimate of drug-likeness (QED) is 0.618. The Bertz CT molecular complexity index is 336. The third kappa shape index (κ3) is 1.22. The molecule has 3 rings (SSSR count). The van der Waals surface area contributed by atoms with Gasteiger partial charge in [0, 0.05) is 31.9 Å². The fourth-order valence-electron chi connectivity index (χ4n) is 2.57. The first-order chi connectivity index (χ1) is 6.95. The van der Waals surface area contributed by atoms with Crippen LogP contribution in [0.5, 0.6) is 0 Å². The molecule has 0 aromatic heterocycles. The number of piperazine rings is 1. The van der Waals surface area contributed by atoms with E-state index in [4.69, 9.17) is 0 Å². The number of hydrogen-bond donors (Lipinski definition) is 1. The Morgan fingerprint density at radius 1 is 1.29 bits per heavy atom. The summed E-state index contributed by atoms with van der Waals surface area (Å²) < 4.78 is 0.